The molecule has 1 aromatic heterocycles. The Morgan fingerprint density at radius 2 is 1.81 bits per heavy atom. The van der Waals surface area contributed by atoms with Crippen LogP contribution < -0.4 is 5.32 Å². The Kier molecular flexibility index (Phi) is 7.72. The molecule has 0 spiro atoms. The Labute approximate surface area is 195 Å². The molecule has 164 valence electrons. The van der Waals surface area contributed by atoms with Gasteiger partial charge < -0.3 is 5.32 Å². The van der Waals surface area contributed by atoms with Crippen LogP contribution in [-0.2, 0) is 21.2 Å². The highest BCUT2D eigenvalue weighted by atomic mass is 35.5. The Hall–Kier alpha value is -1.97. The number of carbonyl (C=O) groups is 1. The summed E-state index contributed by atoms with van der Waals surface area (Å²) in [6.07, 6.45) is 0.0182. The number of amides is 1. The van der Waals surface area contributed by atoms with E-state index in [1.807, 2.05) is 18.2 Å². The number of thiazole rings is 1. The van der Waals surface area contributed by atoms with Gasteiger partial charge in [0.1, 0.15) is 5.01 Å². The molecule has 10 heteroatoms. The van der Waals surface area contributed by atoms with Crippen molar-refractivity contribution in [3.05, 3.63) is 63.6 Å². The number of nitrogens with zero attached hydrogens (tertiary/aromatic N) is 2. The van der Waals surface area contributed by atoms with Gasteiger partial charge in [-0.25, -0.2) is 13.4 Å². The van der Waals surface area contributed by atoms with Gasteiger partial charge >= 0.3 is 0 Å². The van der Waals surface area contributed by atoms with Crippen LogP contribution in [0.3, 0.4) is 0 Å². The first-order chi connectivity index (χ1) is 14.8. The summed E-state index contributed by atoms with van der Waals surface area (Å²) in [5, 5.41) is 6.05. The minimum Gasteiger partial charge on any atom is -0.324 e. The topological polar surface area (TPSA) is 79.4 Å². The summed E-state index contributed by atoms with van der Waals surface area (Å²) in [6.45, 7) is 4.23. The first kappa shape index (κ1) is 23.7. The summed E-state index contributed by atoms with van der Waals surface area (Å²) >= 11 is 13.8. The number of anilines is 1. The van der Waals surface area contributed by atoms with Crippen molar-refractivity contribution < 1.29 is 13.2 Å². The van der Waals surface area contributed by atoms with Crippen molar-refractivity contribution in [1.29, 1.82) is 0 Å². The summed E-state index contributed by atoms with van der Waals surface area (Å²) in [5.41, 5.74) is 1.63. The van der Waals surface area contributed by atoms with Gasteiger partial charge in [0, 0.05) is 24.0 Å². The Bertz CT molecular complexity index is 1190. The molecule has 1 heterocycles. The van der Waals surface area contributed by atoms with Gasteiger partial charge in [-0.1, -0.05) is 55.2 Å². The lowest BCUT2D eigenvalue weighted by Gasteiger charge is -2.19. The third-order valence-corrected chi connectivity index (χ3v) is 8.18. The molecule has 1 amide bonds. The molecule has 0 bridgehead atoms. The van der Waals surface area contributed by atoms with E-state index in [2.05, 4.69) is 10.3 Å². The number of aromatic nitrogens is 1. The molecule has 0 saturated carbocycles. The first-order valence-corrected chi connectivity index (χ1v) is 12.6. The number of rotatable bonds is 8. The van der Waals surface area contributed by atoms with Crippen LogP contribution in [0.15, 0.2) is 52.7 Å². The minimum absolute atomic E-state index is 0.0182. The number of benzene rings is 2. The molecular weight excluding hydrogens is 477 g/mol. The zero-order chi connectivity index (χ0) is 22.6. The maximum Gasteiger partial charge on any atom is 0.243 e. The summed E-state index contributed by atoms with van der Waals surface area (Å²) in [6, 6.07) is 11.6. The molecule has 0 atom stereocenters. The van der Waals surface area contributed by atoms with Gasteiger partial charge in [-0.3, -0.25) is 4.79 Å². The van der Waals surface area contributed by atoms with E-state index in [1.165, 1.54) is 33.8 Å². The highest BCUT2D eigenvalue weighted by Crippen LogP contribution is 2.31. The number of nitrogens with one attached hydrogen (secondary N) is 1. The second-order valence-corrected chi connectivity index (χ2v) is 10.2. The van der Waals surface area contributed by atoms with Crippen molar-refractivity contribution in [2.24, 2.45) is 0 Å². The zero-order valence-electron chi connectivity index (χ0n) is 16.9. The largest absolute Gasteiger partial charge is 0.324 e. The predicted molar refractivity (Wildman–Crippen MR) is 126 cm³/mol. The third-order valence-electron chi connectivity index (χ3n) is 4.55. The van der Waals surface area contributed by atoms with E-state index >= 15 is 0 Å². The van der Waals surface area contributed by atoms with Crippen molar-refractivity contribution in [3.8, 4) is 10.6 Å². The highest BCUT2D eigenvalue weighted by Gasteiger charge is 2.23. The number of carbonyl (C=O) groups excluding carboxylic acids is 1. The van der Waals surface area contributed by atoms with E-state index < -0.39 is 10.0 Å². The molecule has 31 heavy (non-hydrogen) atoms. The monoisotopic (exact) mass is 497 g/mol. The van der Waals surface area contributed by atoms with Crippen LogP contribution in [0, 0.1) is 0 Å². The van der Waals surface area contributed by atoms with E-state index in [9.17, 15) is 13.2 Å². The molecule has 3 rings (SSSR count). The summed E-state index contributed by atoms with van der Waals surface area (Å²) in [4.78, 5) is 17.1. The standard InChI is InChI=1S/C21H21Cl2N3O3S2/c1-3-26(4-2)31(28,29)15-9-10-18(23)19(12-15)25-20(27)11-14-13-30-21(24-14)16-7-5-6-8-17(16)22/h5-10,12-13H,3-4,11H2,1-2H3,(H,25,27). The number of sulfonamides is 1. The Morgan fingerprint density at radius 3 is 2.48 bits per heavy atom. The molecular formula is C21H21Cl2N3O3S2. The lowest BCUT2D eigenvalue weighted by molar-refractivity contribution is -0.115. The molecule has 1 N–H and O–H groups in total. The van der Waals surface area contributed by atoms with Gasteiger partial charge in [-0.2, -0.15) is 4.31 Å². The van der Waals surface area contributed by atoms with Crippen LogP contribution in [0.5, 0.6) is 0 Å². The van der Waals surface area contributed by atoms with Gasteiger partial charge in [0.15, 0.2) is 0 Å². The second kappa shape index (κ2) is 10.1. The Balaban J connectivity index is 1.76. The van der Waals surface area contributed by atoms with Gasteiger partial charge in [0.2, 0.25) is 15.9 Å². The second-order valence-electron chi connectivity index (χ2n) is 6.58. The van der Waals surface area contributed by atoms with Crippen molar-refractivity contribution in [1.82, 2.24) is 9.29 Å². The quantitative estimate of drug-likeness (QED) is 0.456. The summed E-state index contributed by atoms with van der Waals surface area (Å²) < 4.78 is 26.8. The van der Waals surface area contributed by atoms with Crippen LogP contribution in [0.1, 0.15) is 19.5 Å². The molecule has 0 unspecified atom stereocenters. The fraction of sp³-hybridized carbons (Fsp3) is 0.238. The van der Waals surface area contributed by atoms with Gasteiger partial charge in [0.05, 0.1) is 32.7 Å². The molecule has 0 saturated heterocycles. The maximum atomic E-state index is 12.8. The van der Waals surface area contributed by atoms with Crippen molar-refractivity contribution in [2.75, 3.05) is 18.4 Å². The van der Waals surface area contributed by atoms with E-state index in [4.69, 9.17) is 23.2 Å². The van der Waals surface area contributed by atoms with Crippen LogP contribution >= 0.6 is 34.5 Å². The molecule has 2 aromatic carbocycles. The predicted octanol–water partition coefficient (Wildman–Crippen LogP) is 5.33. The van der Waals surface area contributed by atoms with E-state index in [0.29, 0.717) is 23.8 Å². The lowest BCUT2D eigenvalue weighted by atomic mass is 10.2. The number of hydrogen-bond donors (Lipinski definition) is 1. The first-order valence-electron chi connectivity index (χ1n) is 9.55. The number of halogens is 2. The molecule has 6 nitrogen and oxygen atoms in total. The lowest BCUT2D eigenvalue weighted by Crippen LogP contribution is -2.30. The zero-order valence-corrected chi connectivity index (χ0v) is 20.1. The summed E-state index contributed by atoms with van der Waals surface area (Å²) in [7, 11) is -3.67. The average molecular weight is 498 g/mol. The molecule has 3 aromatic rings. The van der Waals surface area contributed by atoms with Crippen LogP contribution in [0.25, 0.3) is 10.6 Å². The van der Waals surface area contributed by atoms with Gasteiger partial charge in [-0.05, 0) is 24.3 Å². The van der Waals surface area contributed by atoms with Gasteiger partial charge in [0.25, 0.3) is 0 Å². The highest BCUT2D eigenvalue weighted by molar-refractivity contribution is 7.89. The molecule has 0 aliphatic heterocycles. The molecule has 0 radical (unpaired) electrons. The molecule has 0 fully saturated rings. The van der Waals surface area contributed by atoms with Crippen molar-refractivity contribution in [3.63, 3.8) is 0 Å². The minimum atomic E-state index is -3.67. The third kappa shape index (κ3) is 5.45. The van der Waals surface area contributed by atoms with Crippen LogP contribution in [0.2, 0.25) is 10.0 Å². The van der Waals surface area contributed by atoms with E-state index in [0.717, 1.165) is 10.6 Å². The molecule has 0 aliphatic rings. The maximum absolute atomic E-state index is 12.8. The fourth-order valence-corrected chi connectivity index (χ4v) is 5.77. The van der Waals surface area contributed by atoms with E-state index in [1.54, 1.807) is 25.3 Å². The smallest absolute Gasteiger partial charge is 0.243 e. The van der Waals surface area contributed by atoms with Crippen molar-refractivity contribution >= 4 is 56.2 Å². The fourth-order valence-electron chi connectivity index (χ4n) is 2.98. The van der Waals surface area contributed by atoms with Gasteiger partial charge in [-0.15, -0.1) is 11.3 Å². The average Bonchev–Trinajstić information content (AvgIpc) is 3.18. The van der Waals surface area contributed by atoms with Crippen LogP contribution in [-0.4, -0.2) is 36.7 Å². The Morgan fingerprint density at radius 1 is 1.10 bits per heavy atom. The summed E-state index contributed by atoms with van der Waals surface area (Å²) in [5.74, 6) is -0.352. The van der Waals surface area contributed by atoms with Crippen molar-refractivity contribution in [2.45, 2.75) is 25.2 Å². The number of hydrogen-bond acceptors (Lipinski definition) is 5. The SMILES string of the molecule is CCN(CC)S(=O)(=O)c1ccc(Cl)c(NC(=O)Cc2csc(-c3ccccc3Cl)n2)c1. The normalized spacial score (nSPS) is 11.6. The van der Waals surface area contributed by atoms with Crippen LogP contribution in [0.4, 0.5) is 5.69 Å². The molecule has 0 aliphatic carbocycles. The van der Waals surface area contributed by atoms with E-state index in [-0.39, 0.29) is 27.9 Å².